The molecule has 2 aliphatic rings. The third-order valence-electron chi connectivity index (χ3n) is 5.84. The average molecular weight is 491 g/mol. The van der Waals surface area contributed by atoms with Gasteiger partial charge < -0.3 is 15.0 Å². The van der Waals surface area contributed by atoms with E-state index in [-0.39, 0.29) is 30.1 Å². The first-order valence-electron chi connectivity index (χ1n) is 10.0. The molecule has 150 valence electrons. The van der Waals surface area contributed by atoms with Gasteiger partial charge in [-0.25, -0.2) is 0 Å². The molecule has 0 spiro atoms. The minimum Gasteiger partial charge on any atom is -0.373 e. The summed E-state index contributed by atoms with van der Waals surface area (Å²) in [7, 11) is 1.89. The Morgan fingerprint density at radius 2 is 1.71 bits per heavy atom. The highest BCUT2D eigenvalue weighted by Gasteiger charge is 2.31. The lowest BCUT2D eigenvalue weighted by Gasteiger charge is -2.25. The quantitative estimate of drug-likeness (QED) is 0.390. The van der Waals surface area contributed by atoms with Gasteiger partial charge in [0.2, 0.25) is 0 Å². The van der Waals surface area contributed by atoms with Gasteiger partial charge in [-0.15, -0.1) is 24.0 Å². The van der Waals surface area contributed by atoms with Crippen LogP contribution < -0.4 is 5.32 Å². The lowest BCUT2D eigenvalue weighted by molar-refractivity contribution is 0.0914. The van der Waals surface area contributed by atoms with Crippen molar-refractivity contribution < 1.29 is 4.74 Å². The molecule has 2 fully saturated rings. The molecule has 0 radical (unpaired) electrons. The summed E-state index contributed by atoms with van der Waals surface area (Å²) in [6.07, 6.45) is 2.47. The fraction of sp³-hybridized carbons (Fsp3) is 0.435. The van der Waals surface area contributed by atoms with Crippen LogP contribution in [0.5, 0.6) is 0 Å². The van der Waals surface area contributed by atoms with E-state index in [1.165, 1.54) is 17.5 Å². The number of guanidine groups is 1. The van der Waals surface area contributed by atoms with E-state index in [0.29, 0.717) is 11.8 Å². The molecule has 2 aliphatic heterocycles. The number of hydrogen-bond donors (Lipinski definition) is 1. The Hall–Kier alpha value is -1.60. The zero-order valence-electron chi connectivity index (χ0n) is 16.5. The number of rotatable bonds is 4. The van der Waals surface area contributed by atoms with Crippen LogP contribution in [-0.2, 0) is 4.74 Å². The summed E-state index contributed by atoms with van der Waals surface area (Å²) < 4.78 is 6.02. The van der Waals surface area contributed by atoms with Gasteiger partial charge in [0.1, 0.15) is 0 Å². The first-order chi connectivity index (χ1) is 13.3. The van der Waals surface area contributed by atoms with Gasteiger partial charge in [-0.3, -0.25) is 4.99 Å². The van der Waals surface area contributed by atoms with Gasteiger partial charge >= 0.3 is 0 Å². The molecule has 0 bridgehead atoms. The van der Waals surface area contributed by atoms with E-state index in [9.17, 15) is 0 Å². The molecule has 4 nitrogen and oxygen atoms in total. The van der Waals surface area contributed by atoms with Crippen LogP contribution in [-0.4, -0.2) is 44.1 Å². The third-order valence-corrected chi connectivity index (χ3v) is 5.84. The molecule has 0 amide bonds. The number of benzene rings is 2. The minimum absolute atomic E-state index is 0. The first kappa shape index (κ1) is 21.1. The third kappa shape index (κ3) is 4.87. The Morgan fingerprint density at radius 1 is 1.04 bits per heavy atom. The highest BCUT2D eigenvalue weighted by atomic mass is 127. The largest absolute Gasteiger partial charge is 0.373 e. The van der Waals surface area contributed by atoms with Crippen LogP contribution in [0, 0.1) is 5.92 Å². The normalized spacial score (nSPS) is 24.8. The van der Waals surface area contributed by atoms with E-state index in [4.69, 9.17) is 4.74 Å². The van der Waals surface area contributed by atoms with Crippen LogP contribution >= 0.6 is 24.0 Å². The summed E-state index contributed by atoms with van der Waals surface area (Å²) in [4.78, 5) is 6.94. The van der Waals surface area contributed by atoms with Gasteiger partial charge in [-0.2, -0.15) is 0 Å². The van der Waals surface area contributed by atoms with Crippen LogP contribution in [0.3, 0.4) is 0 Å². The molecule has 2 heterocycles. The molecule has 3 unspecified atom stereocenters. The number of aliphatic imine (C=N–C) groups is 1. The predicted molar refractivity (Wildman–Crippen MR) is 125 cm³/mol. The van der Waals surface area contributed by atoms with Gasteiger partial charge in [0.25, 0.3) is 0 Å². The molecule has 0 aromatic heterocycles. The van der Waals surface area contributed by atoms with Crippen LogP contribution in [0.1, 0.15) is 36.0 Å². The van der Waals surface area contributed by atoms with Crippen molar-refractivity contribution in [2.24, 2.45) is 10.9 Å². The van der Waals surface area contributed by atoms with Crippen molar-refractivity contribution in [2.75, 3.05) is 33.3 Å². The number of likely N-dealkylation sites (tertiary alicyclic amines) is 1. The Labute approximate surface area is 185 Å². The molecule has 2 aromatic rings. The van der Waals surface area contributed by atoms with Crippen molar-refractivity contribution in [3.8, 4) is 0 Å². The molecule has 2 aromatic carbocycles. The van der Waals surface area contributed by atoms with Crippen molar-refractivity contribution in [2.45, 2.75) is 24.9 Å². The minimum atomic E-state index is 0. The molecule has 5 heteroatoms. The van der Waals surface area contributed by atoms with E-state index in [0.717, 1.165) is 38.6 Å². The van der Waals surface area contributed by atoms with Crippen molar-refractivity contribution in [3.63, 3.8) is 0 Å². The summed E-state index contributed by atoms with van der Waals surface area (Å²) in [6.45, 7) is 3.83. The van der Waals surface area contributed by atoms with Crippen LogP contribution in [0.4, 0.5) is 0 Å². The summed E-state index contributed by atoms with van der Waals surface area (Å²) in [5, 5.41) is 3.62. The number of nitrogens with one attached hydrogen (secondary N) is 1. The maximum atomic E-state index is 6.02. The molecule has 3 atom stereocenters. The standard InChI is InChI=1S/C23H29N3O.HI/c1-24-23(26-14-12-21(17-26)18-8-4-2-5-9-18)25-16-20-13-15-27-22(20)19-10-6-3-7-11-19;/h2-11,20-22H,12-17H2,1H3,(H,24,25);1H. The van der Waals surface area contributed by atoms with E-state index in [2.05, 4.69) is 75.9 Å². The summed E-state index contributed by atoms with van der Waals surface area (Å²) in [5.41, 5.74) is 2.71. The monoisotopic (exact) mass is 491 g/mol. The molecule has 4 rings (SSSR count). The summed E-state index contributed by atoms with van der Waals surface area (Å²) in [5.74, 6) is 2.10. The molecular weight excluding hydrogens is 461 g/mol. The number of nitrogens with zero attached hydrogens (tertiary/aromatic N) is 2. The van der Waals surface area contributed by atoms with Gasteiger partial charge in [0.15, 0.2) is 5.96 Å². The predicted octanol–water partition coefficient (Wildman–Crippen LogP) is 4.45. The molecule has 1 N–H and O–H groups in total. The second kappa shape index (κ2) is 10.3. The first-order valence-corrected chi connectivity index (χ1v) is 10.0. The van der Waals surface area contributed by atoms with Crippen LogP contribution in [0.25, 0.3) is 0 Å². The van der Waals surface area contributed by atoms with Crippen molar-refractivity contribution in [1.82, 2.24) is 10.2 Å². The molecule has 0 aliphatic carbocycles. The number of ether oxygens (including phenoxy) is 1. The van der Waals surface area contributed by atoms with Crippen molar-refractivity contribution >= 4 is 29.9 Å². The van der Waals surface area contributed by atoms with Gasteiger partial charge in [0.05, 0.1) is 6.10 Å². The zero-order valence-corrected chi connectivity index (χ0v) is 18.8. The SMILES string of the molecule is CN=C(NCC1CCOC1c1ccccc1)N1CCC(c2ccccc2)C1.I. The molecule has 2 saturated heterocycles. The lowest BCUT2D eigenvalue weighted by atomic mass is 9.95. The van der Waals surface area contributed by atoms with E-state index in [1.807, 2.05) is 7.05 Å². The molecular formula is C23H30IN3O. The van der Waals surface area contributed by atoms with Crippen LogP contribution in [0.2, 0.25) is 0 Å². The Bertz CT molecular complexity index is 753. The lowest BCUT2D eigenvalue weighted by Crippen LogP contribution is -2.42. The van der Waals surface area contributed by atoms with Gasteiger partial charge in [-0.05, 0) is 24.0 Å². The van der Waals surface area contributed by atoms with E-state index >= 15 is 0 Å². The van der Waals surface area contributed by atoms with E-state index < -0.39 is 0 Å². The second-order valence-corrected chi connectivity index (χ2v) is 7.52. The van der Waals surface area contributed by atoms with Gasteiger partial charge in [-0.1, -0.05) is 60.7 Å². The average Bonchev–Trinajstić information content (AvgIpc) is 3.40. The highest BCUT2D eigenvalue weighted by molar-refractivity contribution is 14.0. The maximum absolute atomic E-state index is 6.02. The summed E-state index contributed by atoms with van der Waals surface area (Å²) in [6, 6.07) is 21.4. The maximum Gasteiger partial charge on any atom is 0.193 e. The summed E-state index contributed by atoms with van der Waals surface area (Å²) >= 11 is 0. The van der Waals surface area contributed by atoms with Gasteiger partial charge in [0, 0.05) is 45.1 Å². The van der Waals surface area contributed by atoms with Crippen molar-refractivity contribution in [1.29, 1.82) is 0 Å². The second-order valence-electron chi connectivity index (χ2n) is 7.52. The fourth-order valence-electron chi connectivity index (χ4n) is 4.36. The smallest absolute Gasteiger partial charge is 0.193 e. The van der Waals surface area contributed by atoms with E-state index in [1.54, 1.807) is 0 Å². The number of hydrogen-bond acceptors (Lipinski definition) is 2. The van der Waals surface area contributed by atoms with Crippen molar-refractivity contribution in [3.05, 3.63) is 71.8 Å². The Balaban J connectivity index is 0.00000225. The zero-order chi connectivity index (χ0) is 18.5. The molecule has 0 saturated carbocycles. The Morgan fingerprint density at radius 3 is 2.39 bits per heavy atom. The number of halogens is 1. The molecule has 28 heavy (non-hydrogen) atoms. The van der Waals surface area contributed by atoms with Crippen LogP contribution in [0.15, 0.2) is 65.7 Å². The topological polar surface area (TPSA) is 36.9 Å². The highest BCUT2D eigenvalue weighted by Crippen LogP contribution is 2.34. The Kier molecular flexibility index (Phi) is 7.73. The fourth-order valence-corrected chi connectivity index (χ4v) is 4.36.